The van der Waals surface area contributed by atoms with Gasteiger partial charge in [0.25, 0.3) is 0 Å². The van der Waals surface area contributed by atoms with Crippen molar-refractivity contribution in [2.75, 3.05) is 0 Å². The normalized spacial score (nSPS) is 13.9. The van der Waals surface area contributed by atoms with E-state index in [1.807, 2.05) is 18.2 Å². The second-order valence-electron chi connectivity index (χ2n) is 5.08. The standard InChI is InChI=1S/C17H14ClFO2/c18-15-9-12(19)8-7-11(15)10-21-17-6-2-3-13-14(17)4-1-5-16(13)20/h2-3,6-9H,1,4-5,10H2. The van der Waals surface area contributed by atoms with E-state index in [1.54, 1.807) is 6.07 Å². The lowest BCUT2D eigenvalue weighted by atomic mass is 9.90. The fraction of sp³-hybridized carbons (Fsp3) is 0.235. The van der Waals surface area contributed by atoms with E-state index in [1.165, 1.54) is 12.1 Å². The number of fused-ring (bicyclic) bond motifs is 1. The number of carbonyl (C=O) groups is 1. The van der Waals surface area contributed by atoms with Gasteiger partial charge in [-0.2, -0.15) is 0 Å². The Morgan fingerprint density at radius 2 is 2.05 bits per heavy atom. The van der Waals surface area contributed by atoms with Gasteiger partial charge in [-0.05, 0) is 31.0 Å². The van der Waals surface area contributed by atoms with Gasteiger partial charge in [-0.3, -0.25) is 4.79 Å². The van der Waals surface area contributed by atoms with E-state index in [-0.39, 0.29) is 18.2 Å². The van der Waals surface area contributed by atoms with Crippen molar-refractivity contribution in [2.24, 2.45) is 0 Å². The van der Waals surface area contributed by atoms with E-state index in [4.69, 9.17) is 16.3 Å². The smallest absolute Gasteiger partial charge is 0.163 e. The summed E-state index contributed by atoms with van der Waals surface area (Å²) in [5.74, 6) is 0.508. The number of benzene rings is 2. The fourth-order valence-electron chi connectivity index (χ4n) is 2.57. The molecule has 0 heterocycles. The lowest BCUT2D eigenvalue weighted by Crippen LogP contribution is -2.12. The molecule has 0 saturated carbocycles. The quantitative estimate of drug-likeness (QED) is 0.830. The molecule has 0 atom stereocenters. The van der Waals surface area contributed by atoms with Crippen molar-refractivity contribution in [3.05, 3.63) is 63.9 Å². The minimum absolute atomic E-state index is 0.168. The maximum absolute atomic E-state index is 13.0. The van der Waals surface area contributed by atoms with Gasteiger partial charge in [0, 0.05) is 23.1 Å². The lowest BCUT2D eigenvalue weighted by Gasteiger charge is -2.18. The minimum Gasteiger partial charge on any atom is -0.489 e. The molecule has 108 valence electrons. The Bertz CT molecular complexity index is 697. The molecule has 1 aliphatic carbocycles. The molecule has 0 unspecified atom stereocenters. The molecule has 3 rings (SSSR count). The number of ether oxygens (including phenoxy) is 1. The molecular weight excluding hydrogens is 291 g/mol. The van der Waals surface area contributed by atoms with E-state index in [0.29, 0.717) is 17.2 Å². The van der Waals surface area contributed by atoms with Crippen LogP contribution in [0.1, 0.15) is 34.3 Å². The Labute approximate surface area is 127 Å². The van der Waals surface area contributed by atoms with Crippen LogP contribution in [0, 0.1) is 5.82 Å². The van der Waals surface area contributed by atoms with Crippen molar-refractivity contribution in [2.45, 2.75) is 25.9 Å². The van der Waals surface area contributed by atoms with Crippen LogP contribution in [-0.2, 0) is 13.0 Å². The summed E-state index contributed by atoms with van der Waals surface area (Å²) in [5.41, 5.74) is 2.44. The number of rotatable bonds is 3. The first-order valence-corrected chi connectivity index (χ1v) is 7.25. The zero-order chi connectivity index (χ0) is 14.8. The first-order valence-electron chi connectivity index (χ1n) is 6.87. The fourth-order valence-corrected chi connectivity index (χ4v) is 2.80. The topological polar surface area (TPSA) is 26.3 Å². The zero-order valence-corrected chi connectivity index (χ0v) is 12.1. The van der Waals surface area contributed by atoms with Gasteiger partial charge < -0.3 is 4.74 Å². The molecule has 4 heteroatoms. The molecule has 0 spiro atoms. The highest BCUT2D eigenvalue weighted by Crippen LogP contribution is 2.30. The number of ketones is 1. The van der Waals surface area contributed by atoms with Gasteiger partial charge in [0.15, 0.2) is 5.78 Å². The van der Waals surface area contributed by atoms with Crippen molar-refractivity contribution in [3.8, 4) is 5.75 Å². The van der Waals surface area contributed by atoms with Gasteiger partial charge in [0.1, 0.15) is 18.2 Å². The number of halogens is 2. The number of carbonyl (C=O) groups excluding carboxylic acids is 1. The van der Waals surface area contributed by atoms with E-state index in [2.05, 4.69) is 0 Å². The SMILES string of the molecule is O=C1CCCc2c(OCc3ccc(F)cc3Cl)cccc21. The number of hydrogen-bond acceptors (Lipinski definition) is 2. The lowest BCUT2D eigenvalue weighted by molar-refractivity contribution is 0.0971. The van der Waals surface area contributed by atoms with Crippen LogP contribution in [0.4, 0.5) is 4.39 Å². The van der Waals surface area contributed by atoms with E-state index in [9.17, 15) is 9.18 Å². The monoisotopic (exact) mass is 304 g/mol. The van der Waals surface area contributed by atoms with Crippen molar-refractivity contribution < 1.29 is 13.9 Å². The Balaban J connectivity index is 1.83. The van der Waals surface area contributed by atoms with E-state index in [0.717, 1.165) is 29.5 Å². The molecule has 0 N–H and O–H groups in total. The molecule has 0 aromatic heterocycles. The van der Waals surface area contributed by atoms with Crippen LogP contribution in [0.5, 0.6) is 5.75 Å². The highest BCUT2D eigenvalue weighted by Gasteiger charge is 2.20. The molecule has 0 amide bonds. The Morgan fingerprint density at radius 1 is 1.19 bits per heavy atom. The first kappa shape index (κ1) is 14.1. The van der Waals surface area contributed by atoms with Crippen LogP contribution in [0.15, 0.2) is 36.4 Å². The second kappa shape index (κ2) is 5.86. The van der Waals surface area contributed by atoms with E-state index < -0.39 is 0 Å². The molecule has 0 radical (unpaired) electrons. The summed E-state index contributed by atoms with van der Waals surface area (Å²) >= 11 is 5.99. The van der Waals surface area contributed by atoms with Gasteiger partial charge in [-0.15, -0.1) is 0 Å². The Morgan fingerprint density at radius 3 is 2.86 bits per heavy atom. The van der Waals surface area contributed by atoms with Crippen molar-refractivity contribution >= 4 is 17.4 Å². The van der Waals surface area contributed by atoms with Gasteiger partial charge in [0.2, 0.25) is 0 Å². The third-order valence-electron chi connectivity index (χ3n) is 3.66. The van der Waals surface area contributed by atoms with Crippen molar-refractivity contribution in [1.29, 1.82) is 0 Å². The van der Waals surface area contributed by atoms with Crippen LogP contribution in [0.25, 0.3) is 0 Å². The van der Waals surface area contributed by atoms with Crippen molar-refractivity contribution in [1.82, 2.24) is 0 Å². The summed E-state index contributed by atoms with van der Waals surface area (Å²) in [7, 11) is 0. The summed E-state index contributed by atoms with van der Waals surface area (Å²) in [6.07, 6.45) is 2.29. The minimum atomic E-state index is -0.369. The van der Waals surface area contributed by atoms with Gasteiger partial charge in [0.05, 0.1) is 5.02 Å². The largest absolute Gasteiger partial charge is 0.489 e. The van der Waals surface area contributed by atoms with Crippen LogP contribution in [0.2, 0.25) is 5.02 Å². The molecular formula is C17H14ClFO2. The highest BCUT2D eigenvalue weighted by molar-refractivity contribution is 6.31. The maximum atomic E-state index is 13.0. The summed E-state index contributed by atoms with van der Waals surface area (Å²) in [6.45, 7) is 0.254. The van der Waals surface area contributed by atoms with Crippen LogP contribution >= 0.6 is 11.6 Å². The third kappa shape index (κ3) is 2.93. The van der Waals surface area contributed by atoms with Crippen LogP contribution in [0.3, 0.4) is 0 Å². The van der Waals surface area contributed by atoms with Gasteiger partial charge in [-0.25, -0.2) is 4.39 Å². The molecule has 2 nitrogen and oxygen atoms in total. The molecule has 2 aromatic rings. The second-order valence-corrected chi connectivity index (χ2v) is 5.49. The predicted molar refractivity (Wildman–Crippen MR) is 79.5 cm³/mol. The Kier molecular flexibility index (Phi) is 3.93. The van der Waals surface area contributed by atoms with Crippen LogP contribution < -0.4 is 4.74 Å². The number of Topliss-reactive ketones (excluding diaryl/α,β-unsaturated/α-hetero) is 1. The summed E-state index contributed by atoms with van der Waals surface area (Å²) < 4.78 is 18.8. The highest BCUT2D eigenvalue weighted by atomic mass is 35.5. The molecule has 0 aliphatic heterocycles. The molecule has 1 aliphatic rings. The average molecular weight is 305 g/mol. The van der Waals surface area contributed by atoms with E-state index >= 15 is 0 Å². The molecule has 2 aromatic carbocycles. The predicted octanol–water partition coefficient (Wildman–Crippen LogP) is 4.58. The van der Waals surface area contributed by atoms with Gasteiger partial charge in [-0.1, -0.05) is 29.8 Å². The molecule has 0 bridgehead atoms. The summed E-state index contributed by atoms with van der Waals surface area (Å²) in [4.78, 5) is 11.9. The summed E-state index contributed by atoms with van der Waals surface area (Å²) in [5, 5.41) is 0.343. The molecule has 21 heavy (non-hydrogen) atoms. The number of hydrogen-bond donors (Lipinski definition) is 0. The van der Waals surface area contributed by atoms with Crippen molar-refractivity contribution in [3.63, 3.8) is 0 Å². The zero-order valence-electron chi connectivity index (χ0n) is 11.4. The Hall–Kier alpha value is -1.87. The molecule has 0 fully saturated rings. The third-order valence-corrected chi connectivity index (χ3v) is 4.01. The van der Waals surface area contributed by atoms with Crippen LogP contribution in [-0.4, -0.2) is 5.78 Å². The maximum Gasteiger partial charge on any atom is 0.163 e. The summed E-state index contributed by atoms with van der Waals surface area (Å²) in [6, 6.07) is 9.75. The first-order chi connectivity index (χ1) is 10.1. The average Bonchev–Trinajstić information content (AvgIpc) is 2.47. The van der Waals surface area contributed by atoms with Gasteiger partial charge >= 0.3 is 0 Å². The molecule has 0 saturated heterocycles.